The van der Waals surface area contributed by atoms with Gasteiger partial charge in [-0.2, -0.15) is 0 Å². The third-order valence-electron chi connectivity index (χ3n) is 4.05. The molecule has 0 fully saturated rings. The number of methoxy groups -OCH3 is 2. The van der Waals surface area contributed by atoms with E-state index in [0.29, 0.717) is 11.5 Å². The van der Waals surface area contributed by atoms with E-state index in [4.69, 9.17) is 37.4 Å². The molecule has 0 amide bonds. The Morgan fingerprint density at radius 2 is 1.80 bits per heavy atom. The Hall–Kier alpha value is -2.31. The summed E-state index contributed by atoms with van der Waals surface area (Å²) in [7, 11) is 2.91. The van der Waals surface area contributed by atoms with Crippen LogP contribution in [0.15, 0.2) is 40.1 Å². The zero-order chi connectivity index (χ0) is 18.3. The van der Waals surface area contributed by atoms with Gasteiger partial charge in [0.25, 0.3) is 0 Å². The Kier molecular flexibility index (Phi) is 4.58. The summed E-state index contributed by atoms with van der Waals surface area (Å²) >= 11 is 11.8. The van der Waals surface area contributed by atoms with Gasteiger partial charge in [0.1, 0.15) is 11.1 Å². The number of rotatable bonds is 4. The molecule has 2 unspecified atom stereocenters. The van der Waals surface area contributed by atoms with Gasteiger partial charge in [0.15, 0.2) is 17.3 Å². The lowest BCUT2D eigenvalue weighted by molar-refractivity contribution is -0.137. The van der Waals surface area contributed by atoms with Crippen molar-refractivity contribution in [1.29, 1.82) is 0 Å². The van der Waals surface area contributed by atoms with Gasteiger partial charge < -0.3 is 14.2 Å². The molecule has 0 aromatic heterocycles. The second-order valence-corrected chi connectivity index (χ2v) is 6.15. The number of ketones is 3. The molecule has 0 N–H and O–H groups in total. The summed E-state index contributed by atoms with van der Waals surface area (Å²) < 4.78 is 15.6. The summed E-state index contributed by atoms with van der Waals surface area (Å²) in [4.78, 5) is 37.0. The number of hydrogen-bond donors (Lipinski definition) is 0. The number of fused-ring (bicyclic) bond motifs is 1. The third-order valence-corrected chi connectivity index (χ3v) is 4.93. The van der Waals surface area contributed by atoms with Crippen molar-refractivity contribution in [2.75, 3.05) is 14.2 Å². The van der Waals surface area contributed by atoms with E-state index in [-0.39, 0.29) is 21.2 Å². The van der Waals surface area contributed by atoms with E-state index in [1.165, 1.54) is 26.4 Å². The van der Waals surface area contributed by atoms with Crippen LogP contribution in [0.2, 0.25) is 0 Å². The average Bonchev–Trinajstić information content (AvgIpc) is 3.08. The van der Waals surface area contributed by atoms with Crippen LogP contribution >= 0.6 is 23.2 Å². The lowest BCUT2D eigenvalue weighted by atomic mass is 9.82. The maximum atomic E-state index is 12.8. The molecule has 8 heteroatoms. The predicted octanol–water partition coefficient (Wildman–Crippen LogP) is 2.63. The molecule has 2 atom stereocenters. The normalized spacial score (nSPS) is 22.3. The highest BCUT2D eigenvalue weighted by Crippen LogP contribution is 2.41. The first-order chi connectivity index (χ1) is 11.9. The molecule has 0 saturated carbocycles. The zero-order valence-corrected chi connectivity index (χ0v) is 14.7. The van der Waals surface area contributed by atoms with Gasteiger partial charge in [-0.1, -0.05) is 23.2 Å². The first kappa shape index (κ1) is 17.5. The summed E-state index contributed by atoms with van der Waals surface area (Å²) in [5.74, 6) is -2.52. The topological polar surface area (TPSA) is 78.9 Å². The van der Waals surface area contributed by atoms with Gasteiger partial charge in [0.2, 0.25) is 11.6 Å². The van der Waals surface area contributed by atoms with E-state index >= 15 is 0 Å². The molecule has 1 heterocycles. The Balaban J connectivity index is 1.97. The van der Waals surface area contributed by atoms with Gasteiger partial charge in [0.05, 0.1) is 31.4 Å². The van der Waals surface area contributed by atoms with E-state index in [1.54, 1.807) is 6.07 Å². The molecule has 25 heavy (non-hydrogen) atoms. The van der Waals surface area contributed by atoms with Crippen LogP contribution in [0.1, 0.15) is 10.4 Å². The molecular weight excluding hydrogens is 371 g/mol. The Labute approximate surface area is 152 Å². The molecule has 0 bridgehead atoms. The summed E-state index contributed by atoms with van der Waals surface area (Å²) in [5.41, 5.74) is 0.294. The van der Waals surface area contributed by atoms with Crippen LogP contribution in [0.4, 0.5) is 0 Å². The monoisotopic (exact) mass is 382 g/mol. The zero-order valence-electron chi connectivity index (χ0n) is 13.2. The highest BCUT2D eigenvalue weighted by Gasteiger charge is 2.49. The second-order valence-electron chi connectivity index (χ2n) is 5.36. The molecular formula is C17H12Cl2O6. The molecule has 0 radical (unpaired) electrons. The molecule has 0 saturated heterocycles. The minimum absolute atomic E-state index is 0.0397. The van der Waals surface area contributed by atoms with E-state index in [2.05, 4.69) is 0 Å². The molecule has 3 rings (SSSR count). The van der Waals surface area contributed by atoms with Crippen molar-refractivity contribution in [2.24, 2.45) is 5.92 Å². The highest BCUT2D eigenvalue weighted by atomic mass is 35.5. The summed E-state index contributed by atoms with van der Waals surface area (Å²) in [6, 6.07) is 4.57. The van der Waals surface area contributed by atoms with Gasteiger partial charge in [0, 0.05) is 11.1 Å². The predicted molar refractivity (Wildman–Crippen MR) is 89.1 cm³/mol. The molecule has 1 aliphatic heterocycles. The van der Waals surface area contributed by atoms with Gasteiger partial charge >= 0.3 is 0 Å². The van der Waals surface area contributed by atoms with Crippen LogP contribution in [0.5, 0.6) is 11.5 Å². The second kappa shape index (κ2) is 6.54. The van der Waals surface area contributed by atoms with Crippen molar-refractivity contribution in [1.82, 2.24) is 0 Å². The van der Waals surface area contributed by atoms with E-state index in [1.807, 2.05) is 0 Å². The van der Waals surface area contributed by atoms with Crippen molar-refractivity contribution in [2.45, 2.75) is 6.10 Å². The first-order valence-corrected chi connectivity index (χ1v) is 7.92. The minimum Gasteiger partial charge on any atom is -0.493 e. The lowest BCUT2D eigenvalue weighted by Gasteiger charge is -2.23. The van der Waals surface area contributed by atoms with Crippen molar-refractivity contribution in [3.63, 3.8) is 0 Å². The molecule has 0 spiro atoms. The Bertz CT molecular complexity index is 855. The average molecular weight is 383 g/mol. The number of Topliss-reactive ketones (excluding diaryl/α,β-unsaturated/α-hetero) is 3. The molecule has 130 valence electrons. The van der Waals surface area contributed by atoms with Crippen molar-refractivity contribution in [3.8, 4) is 11.5 Å². The number of benzene rings is 1. The van der Waals surface area contributed by atoms with Crippen LogP contribution in [0, 0.1) is 5.92 Å². The number of hydrogen-bond acceptors (Lipinski definition) is 6. The Morgan fingerprint density at radius 3 is 2.44 bits per heavy atom. The van der Waals surface area contributed by atoms with Gasteiger partial charge in [-0.3, -0.25) is 14.4 Å². The first-order valence-electron chi connectivity index (χ1n) is 7.16. The van der Waals surface area contributed by atoms with Gasteiger partial charge in [-0.15, -0.1) is 0 Å². The fourth-order valence-electron chi connectivity index (χ4n) is 2.77. The van der Waals surface area contributed by atoms with E-state index in [9.17, 15) is 14.4 Å². The van der Waals surface area contributed by atoms with Crippen LogP contribution in [0.25, 0.3) is 0 Å². The number of halogens is 2. The fourth-order valence-corrected chi connectivity index (χ4v) is 3.23. The van der Waals surface area contributed by atoms with Gasteiger partial charge in [-0.25, -0.2) is 0 Å². The van der Waals surface area contributed by atoms with Crippen LogP contribution in [-0.4, -0.2) is 37.7 Å². The molecule has 1 aromatic rings. The van der Waals surface area contributed by atoms with Crippen molar-refractivity contribution in [3.05, 3.63) is 45.7 Å². The molecule has 1 aromatic carbocycles. The number of allylic oxidation sites excluding steroid dienone is 1. The molecule has 6 nitrogen and oxygen atoms in total. The largest absolute Gasteiger partial charge is 0.493 e. The molecule has 1 aliphatic carbocycles. The standard InChI is InChI=1S/C17H12Cl2O6/c1-23-9-4-3-7(5-10(9)24-2)14(20)8-6-25-17-11(8)15(21)16(22)12(18)13(17)19/h3-6,11,17H,1-2H3. The van der Waals surface area contributed by atoms with Crippen LogP contribution < -0.4 is 9.47 Å². The fraction of sp³-hybridized carbons (Fsp3) is 0.235. The quantitative estimate of drug-likeness (QED) is 0.588. The highest BCUT2D eigenvalue weighted by molar-refractivity contribution is 6.62. The lowest BCUT2D eigenvalue weighted by Crippen LogP contribution is -2.39. The summed E-state index contributed by atoms with van der Waals surface area (Å²) in [6.45, 7) is 0. The maximum absolute atomic E-state index is 12.8. The number of ether oxygens (including phenoxy) is 3. The van der Waals surface area contributed by atoms with Crippen molar-refractivity contribution >= 4 is 40.6 Å². The Morgan fingerprint density at radius 1 is 1.12 bits per heavy atom. The van der Waals surface area contributed by atoms with E-state index in [0.717, 1.165) is 6.26 Å². The van der Waals surface area contributed by atoms with Crippen LogP contribution in [0.3, 0.4) is 0 Å². The minimum atomic E-state index is -1.11. The molecule has 2 aliphatic rings. The number of carbonyl (C=O) groups excluding carboxylic acids is 3. The maximum Gasteiger partial charge on any atom is 0.242 e. The summed E-state index contributed by atoms with van der Waals surface area (Å²) in [5, 5.41) is -0.455. The number of carbonyl (C=O) groups is 3. The van der Waals surface area contributed by atoms with Gasteiger partial charge in [-0.05, 0) is 18.2 Å². The van der Waals surface area contributed by atoms with E-state index < -0.39 is 29.4 Å². The van der Waals surface area contributed by atoms with Crippen LogP contribution in [-0.2, 0) is 14.3 Å². The summed E-state index contributed by atoms with van der Waals surface area (Å²) in [6.07, 6.45) is 0.190. The SMILES string of the molecule is COc1ccc(C(=O)C2=COC3C(Cl)=C(Cl)C(=O)C(=O)C23)cc1OC. The van der Waals surface area contributed by atoms with Crippen molar-refractivity contribution < 1.29 is 28.6 Å². The smallest absolute Gasteiger partial charge is 0.242 e. The third kappa shape index (κ3) is 2.71.